The molecule has 0 N–H and O–H groups in total. The highest BCUT2D eigenvalue weighted by Crippen LogP contribution is 2.19. The number of piperidine rings is 1. The van der Waals surface area contributed by atoms with Crippen molar-refractivity contribution in [2.75, 3.05) is 27.2 Å². The Labute approximate surface area is 128 Å². The van der Waals surface area contributed by atoms with Gasteiger partial charge in [-0.25, -0.2) is 0 Å². The van der Waals surface area contributed by atoms with Crippen LogP contribution in [0.4, 0.5) is 0 Å². The lowest BCUT2D eigenvalue weighted by Crippen LogP contribution is -2.37. The van der Waals surface area contributed by atoms with Crippen LogP contribution in [0.2, 0.25) is 0 Å². The summed E-state index contributed by atoms with van der Waals surface area (Å²) in [6.45, 7) is 1.92. The molecule has 0 aromatic carbocycles. The second-order valence-electron chi connectivity index (χ2n) is 6.06. The lowest BCUT2D eigenvalue weighted by atomic mass is 9.98. The zero-order chi connectivity index (χ0) is 15.1. The number of rotatable bonds is 6. The molecule has 0 radical (unpaired) electrons. The van der Waals surface area contributed by atoms with Gasteiger partial charge in [-0.2, -0.15) is 0 Å². The van der Waals surface area contributed by atoms with E-state index in [9.17, 15) is 4.79 Å². The normalized spacial score (nSPS) is 19.4. The number of carbonyl (C=O) groups excluding carboxylic acids is 1. The summed E-state index contributed by atoms with van der Waals surface area (Å²) >= 11 is 0. The van der Waals surface area contributed by atoms with Crippen LogP contribution in [-0.2, 0) is 11.2 Å². The SMILES string of the molecule is CN(CCc1ccccn1)C(=O)CC[C@H]1CCCCN1C. The number of pyridine rings is 1. The molecule has 0 unspecified atom stereocenters. The van der Waals surface area contributed by atoms with Gasteiger partial charge in [0.2, 0.25) is 5.91 Å². The Kier molecular flexibility index (Phi) is 6.18. The van der Waals surface area contributed by atoms with E-state index >= 15 is 0 Å². The lowest BCUT2D eigenvalue weighted by Gasteiger charge is -2.32. The van der Waals surface area contributed by atoms with Crippen molar-refractivity contribution in [3.63, 3.8) is 0 Å². The number of likely N-dealkylation sites (N-methyl/N-ethyl adjacent to an activating group) is 1. The number of hydrogen-bond acceptors (Lipinski definition) is 3. The lowest BCUT2D eigenvalue weighted by molar-refractivity contribution is -0.130. The Hall–Kier alpha value is -1.42. The fourth-order valence-electron chi connectivity index (χ4n) is 2.94. The average molecular weight is 289 g/mol. The van der Waals surface area contributed by atoms with Crippen LogP contribution < -0.4 is 0 Å². The van der Waals surface area contributed by atoms with Crippen LogP contribution in [0.15, 0.2) is 24.4 Å². The van der Waals surface area contributed by atoms with E-state index in [4.69, 9.17) is 0 Å². The second-order valence-corrected chi connectivity index (χ2v) is 6.06. The van der Waals surface area contributed by atoms with Gasteiger partial charge in [0, 0.05) is 44.4 Å². The first kappa shape index (κ1) is 16.0. The fraction of sp³-hybridized carbons (Fsp3) is 0.647. The number of nitrogens with zero attached hydrogens (tertiary/aromatic N) is 3. The van der Waals surface area contributed by atoms with Crippen LogP contribution in [0, 0.1) is 0 Å². The number of carbonyl (C=O) groups is 1. The highest BCUT2D eigenvalue weighted by atomic mass is 16.2. The molecule has 1 aromatic rings. The highest BCUT2D eigenvalue weighted by molar-refractivity contribution is 5.75. The van der Waals surface area contributed by atoms with Gasteiger partial charge in [-0.3, -0.25) is 9.78 Å². The van der Waals surface area contributed by atoms with E-state index in [1.54, 1.807) is 6.20 Å². The van der Waals surface area contributed by atoms with E-state index in [0.717, 1.165) is 25.1 Å². The number of amides is 1. The monoisotopic (exact) mass is 289 g/mol. The van der Waals surface area contributed by atoms with Crippen molar-refractivity contribution in [2.24, 2.45) is 0 Å². The number of aromatic nitrogens is 1. The van der Waals surface area contributed by atoms with Gasteiger partial charge in [0.25, 0.3) is 0 Å². The molecule has 4 nitrogen and oxygen atoms in total. The summed E-state index contributed by atoms with van der Waals surface area (Å²) in [5, 5.41) is 0. The molecule has 0 saturated carbocycles. The molecule has 1 aromatic heterocycles. The van der Waals surface area contributed by atoms with Crippen LogP contribution in [-0.4, -0.2) is 53.9 Å². The zero-order valence-corrected chi connectivity index (χ0v) is 13.3. The largest absolute Gasteiger partial charge is 0.345 e. The van der Waals surface area contributed by atoms with Crippen LogP contribution in [0.1, 0.15) is 37.8 Å². The molecule has 1 atom stereocenters. The van der Waals surface area contributed by atoms with E-state index in [2.05, 4.69) is 16.9 Å². The maximum absolute atomic E-state index is 12.2. The van der Waals surface area contributed by atoms with E-state index < -0.39 is 0 Å². The highest BCUT2D eigenvalue weighted by Gasteiger charge is 2.20. The zero-order valence-electron chi connectivity index (χ0n) is 13.3. The number of likely N-dealkylation sites (tertiary alicyclic amines) is 1. The third-order valence-electron chi connectivity index (χ3n) is 4.47. The van der Waals surface area contributed by atoms with E-state index in [-0.39, 0.29) is 5.91 Å². The van der Waals surface area contributed by atoms with Crippen molar-refractivity contribution in [1.29, 1.82) is 0 Å². The minimum absolute atomic E-state index is 0.255. The van der Waals surface area contributed by atoms with Crippen molar-refractivity contribution < 1.29 is 4.79 Å². The van der Waals surface area contributed by atoms with E-state index in [0.29, 0.717) is 12.5 Å². The Morgan fingerprint density at radius 3 is 3.00 bits per heavy atom. The second kappa shape index (κ2) is 8.13. The van der Waals surface area contributed by atoms with Gasteiger partial charge < -0.3 is 9.80 Å². The predicted octanol–water partition coefficient (Wildman–Crippen LogP) is 2.35. The number of hydrogen-bond donors (Lipinski definition) is 0. The van der Waals surface area contributed by atoms with Gasteiger partial charge in [-0.05, 0) is 45.0 Å². The first-order chi connectivity index (χ1) is 10.2. The van der Waals surface area contributed by atoms with Gasteiger partial charge in [0.1, 0.15) is 0 Å². The molecular formula is C17H27N3O. The summed E-state index contributed by atoms with van der Waals surface area (Å²) < 4.78 is 0. The van der Waals surface area contributed by atoms with Crippen molar-refractivity contribution in [3.8, 4) is 0 Å². The van der Waals surface area contributed by atoms with Gasteiger partial charge in [-0.1, -0.05) is 12.5 Å². The Morgan fingerprint density at radius 1 is 1.43 bits per heavy atom. The molecule has 4 heteroatoms. The van der Waals surface area contributed by atoms with Crippen LogP contribution in [0.5, 0.6) is 0 Å². The third-order valence-corrected chi connectivity index (χ3v) is 4.47. The topological polar surface area (TPSA) is 36.4 Å². The summed E-state index contributed by atoms with van der Waals surface area (Å²) in [5.74, 6) is 0.255. The summed E-state index contributed by atoms with van der Waals surface area (Å²) in [6, 6.07) is 6.50. The van der Waals surface area contributed by atoms with Gasteiger partial charge in [0.15, 0.2) is 0 Å². The summed E-state index contributed by atoms with van der Waals surface area (Å²) in [7, 11) is 4.08. The van der Waals surface area contributed by atoms with Gasteiger partial charge in [-0.15, -0.1) is 0 Å². The molecule has 0 bridgehead atoms. The maximum Gasteiger partial charge on any atom is 0.222 e. The van der Waals surface area contributed by atoms with Crippen molar-refractivity contribution in [3.05, 3.63) is 30.1 Å². The van der Waals surface area contributed by atoms with Gasteiger partial charge in [0.05, 0.1) is 0 Å². The van der Waals surface area contributed by atoms with Crippen molar-refractivity contribution in [1.82, 2.24) is 14.8 Å². The van der Waals surface area contributed by atoms with E-state index in [1.165, 1.54) is 25.8 Å². The molecule has 2 rings (SSSR count). The third kappa shape index (κ3) is 5.12. The Morgan fingerprint density at radius 2 is 2.29 bits per heavy atom. The smallest absolute Gasteiger partial charge is 0.222 e. The summed E-state index contributed by atoms with van der Waals surface area (Å²) in [6.07, 6.45) is 8.12. The molecule has 1 amide bonds. The molecule has 1 fully saturated rings. The molecule has 2 heterocycles. The quantitative estimate of drug-likeness (QED) is 0.806. The summed E-state index contributed by atoms with van der Waals surface area (Å²) in [5.41, 5.74) is 1.05. The molecule has 1 aliphatic rings. The minimum atomic E-state index is 0.255. The van der Waals surface area contributed by atoms with Crippen LogP contribution in [0.3, 0.4) is 0 Å². The minimum Gasteiger partial charge on any atom is -0.345 e. The molecule has 21 heavy (non-hydrogen) atoms. The van der Waals surface area contributed by atoms with E-state index in [1.807, 2.05) is 30.1 Å². The standard InChI is InChI=1S/C17H27N3O/c1-19-13-6-4-8-16(19)9-10-17(21)20(2)14-11-15-7-3-5-12-18-15/h3,5,7,12,16H,4,6,8-11,13-14H2,1-2H3/t16-/m1/s1. The molecule has 0 aliphatic carbocycles. The first-order valence-electron chi connectivity index (χ1n) is 8.01. The molecule has 116 valence electrons. The average Bonchev–Trinajstić information content (AvgIpc) is 2.52. The van der Waals surface area contributed by atoms with Crippen molar-refractivity contribution in [2.45, 2.75) is 44.6 Å². The fourth-order valence-corrected chi connectivity index (χ4v) is 2.94. The van der Waals surface area contributed by atoms with Crippen LogP contribution >= 0.6 is 0 Å². The first-order valence-corrected chi connectivity index (χ1v) is 8.01. The Bertz CT molecular complexity index is 435. The van der Waals surface area contributed by atoms with Crippen molar-refractivity contribution >= 4 is 5.91 Å². The van der Waals surface area contributed by atoms with Crippen LogP contribution in [0.25, 0.3) is 0 Å². The maximum atomic E-state index is 12.2. The molecule has 1 saturated heterocycles. The molecule has 1 aliphatic heterocycles. The Balaban J connectivity index is 1.70. The van der Waals surface area contributed by atoms with Gasteiger partial charge >= 0.3 is 0 Å². The molecule has 0 spiro atoms. The molecular weight excluding hydrogens is 262 g/mol. The summed E-state index contributed by atoms with van der Waals surface area (Å²) in [4.78, 5) is 20.7. The predicted molar refractivity (Wildman–Crippen MR) is 85.1 cm³/mol.